The third-order valence-corrected chi connectivity index (χ3v) is 2.63. The van der Waals surface area contributed by atoms with Crippen molar-refractivity contribution < 1.29 is 19.5 Å². The molecule has 0 saturated carbocycles. The lowest BCUT2D eigenvalue weighted by atomic mass is 10.2. The second-order valence-electron chi connectivity index (χ2n) is 4.71. The Morgan fingerprint density at radius 3 is 2.71 bits per heavy atom. The highest BCUT2D eigenvalue weighted by molar-refractivity contribution is 5.95. The maximum Gasteiger partial charge on any atom is 0.294 e. The first-order valence-electron chi connectivity index (χ1n) is 6.40. The van der Waals surface area contributed by atoms with E-state index in [0.29, 0.717) is 11.4 Å². The third kappa shape index (κ3) is 5.65. The summed E-state index contributed by atoms with van der Waals surface area (Å²) in [6, 6.07) is 4.48. The zero-order chi connectivity index (χ0) is 16.0. The molecular formula is C13H19N3O5. The molecule has 1 amide bonds. The van der Waals surface area contributed by atoms with Crippen LogP contribution in [0.1, 0.15) is 19.4 Å². The summed E-state index contributed by atoms with van der Waals surface area (Å²) in [4.78, 5) is 26.1. The SMILES string of the molecule is Cc1ccc(OCC(C)O[N+](=O)[O-])cc1NC(=O)C(C)N. The Labute approximate surface area is 122 Å². The number of hydrogen-bond donors (Lipinski definition) is 2. The minimum absolute atomic E-state index is 0.0186. The molecule has 0 aliphatic heterocycles. The van der Waals surface area contributed by atoms with Crippen LogP contribution in [0.5, 0.6) is 5.75 Å². The number of benzene rings is 1. The molecule has 0 heterocycles. The number of nitrogens with zero attached hydrogens (tertiary/aromatic N) is 1. The largest absolute Gasteiger partial charge is 0.491 e. The normalized spacial score (nSPS) is 13.1. The van der Waals surface area contributed by atoms with Gasteiger partial charge >= 0.3 is 0 Å². The van der Waals surface area contributed by atoms with Gasteiger partial charge in [0.25, 0.3) is 5.09 Å². The average Bonchev–Trinajstić information content (AvgIpc) is 2.38. The predicted molar refractivity (Wildman–Crippen MR) is 76.5 cm³/mol. The maximum absolute atomic E-state index is 11.6. The molecule has 0 aliphatic carbocycles. The Morgan fingerprint density at radius 1 is 1.48 bits per heavy atom. The molecule has 0 saturated heterocycles. The van der Waals surface area contributed by atoms with E-state index in [2.05, 4.69) is 10.2 Å². The van der Waals surface area contributed by atoms with Gasteiger partial charge in [0.05, 0.1) is 6.04 Å². The van der Waals surface area contributed by atoms with Crippen molar-refractivity contribution in [2.45, 2.75) is 32.9 Å². The number of carbonyl (C=O) groups is 1. The summed E-state index contributed by atoms with van der Waals surface area (Å²) in [7, 11) is 0. The lowest BCUT2D eigenvalue weighted by Crippen LogP contribution is -2.32. The van der Waals surface area contributed by atoms with E-state index in [0.717, 1.165) is 5.56 Å². The second-order valence-corrected chi connectivity index (χ2v) is 4.71. The topological polar surface area (TPSA) is 117 Å². The van der Waals surface area contributed by atoms with Crippen LogP contribution in [-0.4, -0.2) is 29.7 Å². The summed E-state index contributed by atoms with van der Waals surface area (Å²) in [5, 5.41) is 12.0. The van der Waals surface area contributed by atoms with Crippen molar-refractivity contribution in [3.63, 3.8) is 0 Å². The van der Waals surface area contributed by atoms with Crippen molar-refractivity contribution in [1.82, 2.24) is 0 Å². The van der Waals surface area contributed by atoms with Gasteiger partial charge in [-0.15, -0.1) is 10.1 Å². The van der Waals surface area contributed by atoms with E-state index in [1.807, 2.05) is 6.92 Å². The van der Waals surface area contributed by atoms with Gasteiger partial charge in [0.1, 0.15) is 18.5 Å². The van der Waals surface area contributed by atoms with Crippen molar-refractivity contribution in [1.29, 1.82) is 0 Å². The molecule has 0 bridgehead atoms. The summed E-state index contributed by atoms with van der Waals surface area (Å²) in [6.45, 7) is 4.96. The standard InChI is InChI=1S/C13H19N3O5/c1-8-4-5-11(20-7-9(2)21-16(18)19)6-12(8)15-13(17)10(3)14/h4-6,9-10H,7,14H2,1-3H3,(H,15,17). The number of aryl methyl sites for hydroxylation is 1. The van der Waals surface area contributed by atoms with Crippen molar-refractivity contribution in [3.05, 3.63) is 33.9 Å². The van der Waals surface area contributed by atoms with Gasteiger partial charge in [-0.1, -0.05) is 6.07 Å². The molecular weight excluding hydrogens is 278 g/mol. The van der Waals surface area contributed by atoms with Gasteiger partial charge in [-0.3, -0.25) is 4.79 Å². The summed E-state index contributed by atoms with van der Waals surface area (Å²) in [5.74, 6) is 0.166. The Kier molecular flexibility index (Phi) is 5.92. The molecule has 8 heteroatoms. The molecule has 1 aromatic rings. The van der Waals surface area contributed by atoms with Crippen LogP contribution >= 0.6 is 0 Å². The Hall–Kier alpha value is -2.35. The van der Waals surface area contributed by atoms with Gasteiger partial charge in [0.2, 0.25) is 5.91 Å². The van der Waals surface area contributed by atoms with E-state index in [1.54, 1.807) is 25.1 Å². The average molecular weight is 297 g/mol. The molecule has 0 spiro atoms. The molecule has 21 heavy (non-hydrogen) atoms. The van der Waals surface area contributed by atoms with Gasteiger partial charge in [-0.05, 0) is 32.4 Å². The smallest absolute Gasteiger partial charge is 0.294 e. The monoisotopic (exact) mass is 297 g/mol. The van der Waals surface area contributed by atoms with Gasteiger partial charge in [0, 0.05) is 11.8 Å². The Bertz CT molecular complexity index is 519. The number of anilines is 1. The van der Waals surface area contributed by atoms with Crippen LogP contribution in [-0.2, 0) is 9.63 Å². The van der Waals surface area contributed by atoms with E-state index in [-0.39, 0.29) is 12.5 Å². The van der Waals surface area contributed by atoms with Crippen LogP contribution < -0.4 is 15.8 Å². The Balaban J connectivity index is 2.68. The number of hydrogen-bond acceptors (Lipinski definition) is 6. The first-order chi connectivity index (χ1) is 9.79. The van der Waals surface area contributed by atoms with E-state index >= 15 is 0 Å². The molecule has 1 aromatic carbocycles. The summed E-state index contributed by atoms with van der Waals surface area (Å²) in [6.07, 6.45) is -0.691. The molecule has 1 rings (SSSR count). The molecule has 3 N–H and O–H groups in total. The molecule has 0 fully saturated rings. The fourth-order valence-electron chi connectivity index (χ4n) is 1.46. The predicted octanol–water partition coefficient (Wildman–Crippen LogP) is 1.26. The van der Waals surface area contributed by atoms with Gasteiger partial charge < -0.3 is 20.6 Å². The number of nitrogens with one attached hydrogen (secondary N) is 1. The first-order valence-corrected chi connectivity index (χ1v) is 6.40. The number of carbonyl (C=O) groups excluding carboxylic acids is 1. The molecule has 0 aromatic heterocycles. The fourth-order valence-corrected chi connectivity index (χ4v) is 1.46. The number of amides is 1. The first kappa shape index (κ1) is 16.7. The molecule has 0 radical (unpaired) electrons. The highest BCUT2D eigenvalue weighted by Gasteiger charge is 2.11. The Morgan fingerprint density at radius 2 is 2.14 bits per heavy atom. The van der Waals surface area contributed by atoms with Crippen LogP contribution in [0.25, 0.3) is 0 Å². The van der Waals surface area contributed by atoms with Crippen molar-refractivity contribution >= 4 is 11.6 Å². The highest BCUT2D eigenvalue weighted by atomic mass is 17.0. The lowest BCUT2D eigenvalue weighted by molar-refractivity contribution is -0.767. The summed E-state index contributed by atoms with van der Waals surface area (Å²) >= 11 is 0. The van der Waals surface area contributed by atoms with E-state index in [4.69, 9.17) is 10.5 Å². The molecule has 116 valence electrons. The van der Waals surface area contributed by atoms with Crippen molar-refractivity contribution in [3.8, 4) is 5.75 Å². The lowest BCUT2D eigenvalue weighted by Gasteiger charge is -2.14. The van der Waals surface area contributed by atoms with Gasteiger partial charge in [0.15, 0.2) is 0 Å². The summed E-state index contributed by atoms with van der Waals surface area (Å²) in [5.41, 5.74) is 6.93. The van der Waals surface area contributed by atoms with Crippen LogP contribution in [0.4, 0.5) is 5.69 Å². The van der Waals surface area contributed by atoms with E-state index in [9.17, 15) is 14.9 Å². The fraction of sp³-hybridized carbons (Fsp3) is 0.462. The van der Waals surface area contributed by atoms with E-state index in [1.165, 1.54) is 6.92 Å². The van der Waals surface area contributed by atoms with Crippen molar-refractivity contribution in [2.24, 2.45) is 5.73 Å². The van der Waals surface area contributed by atoms with Crippen LogP contribution in [0.2, 0.25) is 0 Å². The highest BCUT2D eigenvalue weighted by Crippen LogP contribution is 2.22. The third-order valence-electron chi connectivity index (χ3n) is 2.63. The molecule has 8 nitrogen and oxygen atoms in total. The van der Waals surface area contributed by atoms with Crippen LogP contribution in [0, 0.1) is 17.0 Å². The zero-order valence-corrected chi connectivity index (χ0v) is 12.2. The number of rotatable bonds is 7. The minimum atomic E-state index is -0.864. The zero-order valence-electron chi connectivity index (χ0n) is 12.2. The second kappa shape index (κ2) is 7.44. The van der Waals surface area contributed by atoms with Gasteiger partial charge in [-0.2, -0.15) is 0 Å². The van der Waals surface area contributed by atoms with E-state index < -0.39 is 17.2 Å². The molecule has 2 unspecified atom stereocenters. The summed E-state index contributed by atoms with van der Waals surface area (Å²) < 4.78 is 5.39. The molecule has 0 aliphatic rings. The maximum atomic E-state index is 11.6. The van der Waals surface area contributed by atoms with Gasteiger partial charge in [-0.25, -0.2) is 0 Å². The quantitative estimate of drug-likeness (QED) is 0.578. The number of nitrogens with two attached hydrogens (primary N) is 1. The van der Waals surface area contributed by atoms with Crippen LogP contribution in [0.3, 0.4) is 0 Å². The van der Waals surface area contributed by atoms with Crippen LogP contribution in [0.15, 0.2) is 18.2 Å². The molecule has 2 atom stereocenters. The minimum Gasteiger partial charge on any atom is -0.491 e. The number of ether oxygens (including phenoxy) is 1. The van der Waals surface area contributed by atoms with Crippen molar-refractivity contribution in [2.75, 3.05) is 11.9 Å².